The molecule has 8 heteroatoms. The minimum Gasteiger partial charge on any atom is -0.390 e. The lowest BCUT2D eigenvalue weighted by atomic mass is 9.43. The lowest BCUT2D eigenvalue weighted by Gasteiger charge is -2.63. The van der Waals surface area contributed by atoms with Gasteiger partial charge >= 0.3 is 0 Å². The van der Waals surface area contributed by atoms with Crippen LogP contribution in [0.25, 0.3) is 0 Å². The van der Waals surface area contributed by atoms with E-state index in [1.165, 1.54) is 35.6 Å². The first-order chi connectivity index (χ1) is 18.0. The second-order valence-electron chi connectivity index (χ2n) is 12.5. The molecule has 1 aliphatic heterocycles. The number of fused-ring (bicyclic) bond motifs is 7. The summed E-state index contributed by atoms with van der Waals surface area (Å²) >= 11 is 3.53. The first-order valence-corrected chi connectivity index (χ1v) is 16.0. The molecular formula is C30H34F2INO3S. The molecule has 5 aliphatic rings. The number of ketones is 1. The van der Waals surface area contributed by atoms with Crippen molar-refractivity contribution in [1.82, 2.24) is 4.90 Å². The van der Waals surface area contributed by atoms with Gasteiger partial charge in [-0.1, -0.05) is 77.7 Å². The highest BCUT2D eigenvalue weighted by Gasteiger charge is 2.78. The minimum atomic E-state index is -2.11. The molecule has 4 nitrogen and oxygen atoms in total. The van der Waals surface area contributed by atoms with E-state index >= 15 is 8.78 Å². The zero-order valence-corrected chi connectivity index (χ0v) is 24.7. The number of halogens is 3. The number of benzene rings is 1. The van der Waals surface area contributed by atoms with Crippen LogP contribution in [-0.4, -0.2) is 55.7 Å². The van der Waals surface area contributed by atoms with E-state index in [4.69, 9.17) is 0 Å². The van der Waals surface area contributed by atoms with Gasteiger partial charge in [0, 0.05) is 31.0 Å². The van der Waals surface area contributed by atoms with E-state index in [2.05, 4.69) is 46.5 Å². The number of carbonyl (C=O) groups is 2. The van der Waals surface area contributed by atoms with E-state index in [0.29, 0.717) is 16.7 Å². The average molecular weight is 654 g/mol. The van der Waals surface area contributed by atoms with Crippen molar-refractivity contribution in [3.63, 3.8) is 0 Å². The van der Waals surface area contributed by atoms with E-state index in [-0.39, 0.29) is 41.1 Å². The summed E-state index contributed by atoms with van der Waals surface area (Å²) in [4.78, 5) is 28.5. The molecule has 0 radical (unpaired) electrons. The molecule has 1 heterocycles. The second kappa shape index (κ2) is 9.21. The standard InChI is InChI=1S/C30H34F2INO3S/c1-27-9-8-20(35)11-23(27)24(31)12-22-21-10-19-15-34(14-18-6-4-3-5-7-18)16-29(19,26(37)38-17-33)28(21,2)13-25(36)30(22,27)32/h3-9,11,19,21-22,24-25,36H,10,12-17H2,1-2H3/t19-,21-,22-,24-,25-,27-,28-,29+,30-/m0/s1. The van der Waals surface area contributed by atoms with E-state index in [0.717, 1.165) is 13.1 Å². The lowest BCUT2D eigenvalue weighted by Crippen LogP contribution is -2.69. The average Bonchev–Trinajstić information content (AvgIpc) is 3.35. The van der Waals surface area contributed by atoms with E-state index in [1.54, 1.807) is 6.92 Å². The van der Waals surface area contributed by atoms with Crippen LogP contribution in [0.5, 0.6) is 0 Å². The molecule has 0 amide bonds. The second-order valence-corrected chi connectivity index (χ2v) is 15.2. The van der Waals surface area contributed by atoms with Gasteiger partial charge in [-0.05, 0) is 66.7 Å². The molecule has 3 saturated carbocycles. The maximum absolute atomic E-state index is 17.5. The fraction of sp³-hybridized carbons (Fsp3) is 0.600. The number of likely N-dealkylation sites (tertiary alicyclic amines) is 1. The van der Waals surface area contributed by atoms with E-state index in [9.17, 15) is 14.7 Å². The normalized spacial score (nSPS) is 45.7. The van der Waals surface area contributed by atoms with Gasteiger partial charge in [0.25, 0.3) is 0 Å². The molecule has 1 saturated heterocycles. The summed E-state index contributed by atoms with van der Waals surface area (Å²) in [6.45, 7) is 5.73. The summed E-state index contributed by atoms with van der Waals surface area (Å²) in [6.07, 6.45) is 1.92. The van der Waals surface area contributed by atoms with Crippen LogP contribution in [0.3, 0.4) is 0 Å². The third-order valence-corrected chi connectivity index (χ3v) is 12.7. The predicted molar refractivity (Wildman–Crippen MR) is 153 cm³/mol. The van der Waals surface area contributed by atoms with Crippen LogP contribution in [0, 0.1) is 34.0 Å². The molecule has 4 aliphatic carbocycles. The topological polar surface area (TPSA) is 57.6 Å². The van der Waals surface area contributed by atoms with Gasteiger partial charge in [-0.3, -0.25) is 14.5 Å². The Kier molecular flexibility index (Phi) is 6.57. The van der Waals surface area contributed by atoms with Crippen molar-refractivity contribution in [1.29, 1.82) is 0 Å². The van der Waals surface area contributed by atoms with Gasteiger partial charge in [0.15, 0.2) is 16.6 Å². The molecule has 0 unspecified atom stereocenters. The molecular weight excluding hydrogens is 619 g/mol. The van der Waals surface area contributed by atoms with Crippen molar-refractivity contribution < 1.29 is 23.5 Å². The first-order valence-electron chi connectivity index (χ1n) is 13.5. The Hall–Kier alpha value is -1.10. The van der Waals surface area contributed by atoms with Gasteiger partial charge in [-0.25, -0.2) is 8.78 Å². The maximum atomic E-state index is 17.5. The summed E-state index contributed by atoms with van der Waals surface area (Å²) in [5.74, 6) is -1.30. The Balaban J connectivity index is 1.41. The zero-order chi connectivity index (χ0) is 27.1. The Morgan fingerprint density at radius 2 is 1.95 bits per heavy atom. The van der Waals surface area contributed by atoms with Gasteiger partial charge in [0.2, 0.25) is 0 Å². The highest BCUT2D eigenvalue weighted by atomic mass is 127. The molecule has 0 spiro atoms. The molecule has 38 heavy (non-hydrogen) atoms. The minimum absolute atomic E-state index is 0.0185. The summed E-state index contributed by atoms with van der Waals surface area (Å²) in [5, 5.41) is 11.8. The molecule has 6 rings (SSSR count). The zero-order valence-electron chi connectivity index (χ0n) is 21.7. The summed E-state index contributed by atoms with van der Waals surface area (Å²) in [6, 6.07) is 10.2. The number of thioether (sulfide) groups is 1. The Morgan fingerprint density at radius 3 is 2.66 bits per heavy atom. The highest BCUT2D eigenvalue weighted by molar-refractivity contribution is 14.1. The van der Waals surface area contributed by atoms with Crippen LogP contribution in [0.2, 0.25) is 0 Å². The number of alkyl halides is 3. The monoisotopic (exact) mass is 653 g/mol. The summed E-state index contributed by atoms with van der Waals surface area (Å²) in [5.41, 5.74) is -3.56. The van der Waals surface area contributed by atoms with Gasteiger partial charge in [0.05, 0.1) is 15.3 Å². The number of aliphatic hydroxyl groups is 1. The van der Waals surface area contributed by atoms with Crippen LogP contribution in [-0.2, 0) is 16.1 Å². The van der Waals surface area contributed by atoms with E-state index in [1.807, 2.05) is 18.2 Å². The largest absolute Gasteiger partial charge is 0.390 e. The van der Waals surface area contributed by atoms with Crippen molar-refractivity contribution >= 4 is 45.3 Å². The van der Waals surface area contributed by atoms with Gasteiger partial charge < -0.3 is 5.11 Å². The fourth-order valence-electron chi connectivity index (χ4n) is 9.35. The molecule has 1 aromatic carbocycles. The number of hydrogen-bond donors (Lipinski definition) is 1. The van der Waals surface area contributed by atoms with E-state index < -0.39 is 40.1 Å². The number of hydrogen-bond acceptors (Lipinski definition) is 5. The highest BCUT2D eigenvalue weighted by Crippen LogP contribution is 2.75. The number of carbonyl (C=O) groups excluding carboxylic acids is 2. The molecule has 0 bridgehead atoms. The van der Waals surface area contributed by atoms with Crippen molar-refractivity contribution in [3.05, 3.63) is 59.7 Å². The van der Waals surface area contributed by atoms with Crippen molar-refractivity contribution in [2.24, 2.45) is 34.0 Å². The Labute approximate surface area is 240 Å². The number of rotatable bonds is 4. The van der Waals surface area contributed by atoms with Crippen LogP contribution in [0.1, 0.15) is 38.7 Å². The smallest absolute Gasteiger partial charge is 0.198 e. The van der Waals surface area contributed by atoms with Gasteiger partial charge in [0.1, 0.15) is 6.17 Å². The number of allylic oxidation sites excluding steroid dienone is 4. The van der Waals surface area contributed by atoms with Gasteiger partial charge in [-0.15, -0.1) is 0 Å². The quantitative estimate of drug-likeness (QED) is 0.335. The van der Waals surface area contributed by atoms with Crippen LogP contribution < -0.4 is 0 Å². The Bertz CT molecular complexity index is 1230. The molecule has 1 N–H and O–H groups in total. The van der Waals surface area contributed by atoms with Crippen LogP contribution >= 0.6 is 34.4 Å². The lowest BCUT2D eigenvalue weighted by molar-refractivity contribution is -0.210. The fourth-order valence-corrected chi connectivity index (χ4v) is 11.0. The third kappa shape index (κ3) is 3.44. The van der Waals surface area contributed by atoms with Crippen molar-refractivity contribution in [3.8, 4) is 0 Å². The molecule has 204 valence electrons. The Morgan fingerprint density at radius 1 is 1.21 bits per heavy atom. The van der Waals surface area contributed by atoms with Crippen LogP contribution in [0.4, 0.5) is 8.78 Å². The molecule has 1 aromatic rings. The van der Waals surface area contributed by atoms with Crippen LogP contribution in [0.15, 0.2) is 54.1 Å². The van der Waals surface area contributed by atoms with Gasteiger partial charge in [-0.2, -0.15) is 0 Å². The number of aliphatic hydroxyl groups excluding tert-OH is 1. The first kappa shape index (κ1) is 27.1. The van der Waals surface area contributed by atoms with Crippen molar-refractivity contribution in [2.45, 2.75) is 57.6 Å². The summed E-state index contributed by atoms with van der Waals surface area (Å²) in [7, 11) is 0. The third-order valence-electron chi connectivity index (χ3n) is 11.0. The summed E-state index contributed by atoms with van der Waals surface area (Å²) < 4.78 is 33.9. The van der Waals surface area contributed by atoms with Crippen molar-refractivity contribution in [2.75, 3.05) is 16.8 Å². The molecule has 9 atom stereocenters. The predicted octanol–water partition coefficient (Wildman–Crippen LogP) is 5.69. The number of nitrogens with zero attached hydrogens (tertiary/aromatic N) is 1. The maximum Gasteiger partial charge on any atom is 0.198 e. The molecule has 4 fully saturated rings. The molecule has 0 aromatic heterocycles. The SMILES string of the molecule is C[C@]12C=CC(=O)C=C1[C@@H](F)C[C@H]1[C@@H]3C[C@H]4CN(Cc5ccccc5)C[C@@]4(C(=O)SCI)[C@@]3(C)C[C@H](O)[C@@]12F.